The molecule has 0 bridgehead atoms. The van der Waals surface area contributed by atoms with E-state index in [2.05, 4.69) is 32.6 Å². The van der Waals surface area contributed by atoms with Crippen LogP contribution in [0.2, 0.25) is 0 Å². The molecular formula is C38H77NO2. The van der Waals surface area contributed by atoms with Crippen molar-refractivity contribution in [2.45, 2.75) is 232 Å². The van der Waals surface area contributed by atoms with Crippen molar-refractivity contribution in [3.8, 4) is 0 Å². The molecule has 0 aliphatic carbocycles. The average Bonchev–Trinajstić information content (AvgIpc) is 2.95. The van der Waals surface area contributed by atoms with Gasteiger partial charge in [0.05, 0.1) is 0 Å². The largest absolute Gasteiger partial charge is 0.481 e. The van der Waals surface area contributed by atoms with E-state index in [9.17, 15) is 4.79 Å². The third-order valence-corrected chi connectivity index (χ3v) is 9.39. The van der Waals surface area contributed by atoms with Crippen LogP contribution in [0.5, 0.6) is 0 Å². The Morgan fingerprint density at radius 2 is 0.732 bits per heavy atom. The summed E-state index contributed by atoms with van der Waals surface area (Å²) >= 11 is 0. The molecule has 41 heavy (non-hydrogen) atoms. The lowest BCUT2D eigenvalue weighted by Crippen LogP contribution is -2.41. The van der Waals surface area contributed by atoms with Gasteiger partial charge in [0.15, 0.2) is 0 Å². The van der Waals surface area contributed by atoms with Crippen LogP contribution in [-0.2, 0) is 4.79 Å². The van der Waals surface area contributed by atoms with Gasteiger partial charge in [0.2, 0.25) is 0 Å². The Labute approximate surface area is 259 Å². The lowest BCUT2D eigenvalue weighted by molar-refractivity contribution is -0.137. The zero-order valence-corrected chi connectivity index (χ0v) is 28.9. The highest BCUT2D eigenvalue weighted by Crippen LogP contribution is 2.20. The molecule has 0 aromatic carbocycles. The van der Waals surface area contributed by atoms with E-state index in [0.717, 1.165) is 13.0 Å². The monoisotopic (exact) mass is 580 g/mol. The van der Waals surface area contributed by atoms with Crippen molar-refractivity contribution in [1.29, 1.82) is 0 Å². The molecule has 0 aliphatic heterocycles. The maximum Gasteiger partial charge on any atom is 0.303 e. The molecule has 2 unspecified atom stereocenters. The highest BCUT2D eigenvalue weighted by molar-refractivity contribution is 5.66. The van der Waals surface area contributed by atoms with E-state index in [0.29, 0.717) is 18.5 Å². The molecular weight excluding hydrogens is 502 g/mol. The molecule has 0 radical (unpaired) electrons. The van der Waals surface area contributed by atoms with Gasteiger partial charge in [-0.1, -0.05) is 181 Å². The van der Waals surface area contributed by atoms with Crippen molar-refractivity contribution in [1.82, 2.24) is 4.90 Å². The summed E-state index contributed by atoms with van der Waals surface area (Å²) < 4.78 is 0. The Bertz CT molecular complexity index is 486. The molecule has 3 heteroatoms. The minimum Gasteiger partial charge on any atom is -0.481 e. The van der Waals surface area contributed by atoms with Crippen LogP contribution in [-0.4, -0.2) is 34.6 Å². The van der Waals surface area contributed by atoms with Crippen LogP contribution in [0.4, 0.5) is 0 Å². The van der Waals surface area contributed by atoms with Crippen molar-refractivity contribution in [3.63, 3.8) is 0 Å². The first-order valence-corrected chi connectivity index (χ1v) is 19.0. The Hall–Kier alpha value is -0.570. The summed E-state index contributed by atoms with van der Waals surface area (Å²) in [5.41, 5.74) is 0. The van der Waals surface area contributed by atoms with Crippen LogP contribution in [0.25, 0.3) is 0 Å². The summed E-state index contributed by atoms with van der Waals surface area (Å²) in [4.78, 5) is 13.8. The second-order valence-electron chi connectivity index (χ2n) is 13.5. The van der Waals surface area contributed by atoms with Gasteiger partial charge in [0, 0.05) is 18.5 Å². The standard InChI is InChI=1S/C38H77NO2/c1-5-7-9-11-13-15-17-19-21-23-25-27-29-32-36(3)39(35-31-34-38(40)41)37(4)33-30-28-26-24-22-20-18-16-14-12-10-8-6-2/h36-37H,5-35H2,1-4H3,(H,40,41). The maximum absolute atomic E-state index is 11.1. The van der Waals surface area contributed by atoms with Crippen LogP contribution in [0.15, 0.2) is 0 Å². The molecule has 0 rings (SSSR count). The Morgan fingerprint density at radius 3 is 1.00 bits per heavy atom. The lowest BCUT2D eigenvalue weighted by Gasteiger charge is -2.35. The number of unbranched alkanes of at least 4 members (excludes halogenated alkanes) is 24. The average molecular weight is 580 g/mol. The minimum absolute atomic E-state index is 0.299. The molecule has 0 fully saturated rings. The summed E-state index contributed by atoms with van der Waals surface area (Å²) in [7, 11) is 0. The van der Waals surface area contributed by atoms with Crippen molar-refractivity contribution < 1.29 is 9.90 Å². The molecule has 0 saturated heterocycles. The number of carboxylic acids is 1. The molecule has 0 aromatic rings. The van der Waals surface area contributed by atoms with Crippen LogP contribution < -0.4 is 0 Å². The third-order valence-electron chi connectivity index (χ3n) is 9.39. The van der Waals surface area contributed by atoms with Gasteiger partial charge in [0.25, 0.3) is 0 Å². The molecule has 2 atom stereocenters. The van der Waals surface area contributed by atoms with Gasteiger partial charge >= 0.3 is 5.97 Å². The van der Waals surface area contributed by atoms with Gasteiger partial charge in [-0.15, -0.1) is 0 Å². The molecule has 246 valence electrons. The predicted octanol–water partition coefficient (Wildman–Crippen LogP) is 12.9. The van der Waals surface area contributed by atoms with Crippen LogP contribution >= 0.6 is 0 Å². The fourth-order valence-corrected chi connectivity index (χ4v) is 6.53. The Morgan fingerprint density at radius 1 is 0.463 bits per heavy atom. The van der Waals surface area contributed by atoms with Crippen molar-refractivity contribution in [2.75, 3.05) is 6.54 Å². The normalized spacial score (nSPS) is 13.2. The van der Waals surface area contributed by atoms with E-state index >= 15 is 0 Å². The quantitative estimate of drug-likeness (QED) is 0.0771. The molecule has 3 nitrogen and oxygen atoms in total. The van der Waals surface area contributed by atoms with Gasteiger partial charge in [-0.05, 0) is 39.7 Å². The molecule has 0 spiro atoms. The van der Waals surface area contributed by atoms with E-state index < -0.39 is 5.97 Å². The fourth-order valence-electron chi connectivity index (χ4n) is 6.53. The predicted molar refractivity (Wildman–Crippen MR) is 183 cm³/mol. The summed E-state index contributed by atoms with van der Waals surface area (Å²) in [6.45, 7) is 10.3. The number of nitrogens with zero attached hydrogens (tertiary/aromatic N) is 1. The van der Waals surface area contributed by atoms with E-state index in [1.54, 1.807) is 0 Å². The Balaban J connectivity index is 3.96. The molecule has 0 amide bonds. The zero-order valence-electron chi connectivity index (χ0n) is 28.9. The highest BCUT2D eigenvalue weighted by Gasteiger charge is 2.19. The van der Waals surface area contributed by atoms with E-state index in [1.165, 1.54) is 180 Å². The first kappa shape index (κ1) is 40.4. The zero-order chi connectivity index (χ0) is 30.2. The van der Waals surface area contributed by atoms with Gasteiger partial charge in [-0.3, -0.25) is 9.69 Å². The number of hydrogen-bond donors (Lipinski definition) is 1. The second kappa shape index (κ2) is 32.3. The first-order valence-electron chi connectivity index (χ1n) is 19.0. The topological polar surface area (TPSA) is 40.5 Å². The summed E-state index contributed by atoms with van der Waals surface area (Å²) in [6.07, 6.45) is 40.1. The lowest BCUT2D eigenvalue weighted by atomic mass is 10.0. The molecule has 0 aromatic heterocycles. The molecule has 0 saturated carbocycles. The van der Waals surface area contributed by atoms with Crippen molar-refractivity contribution in [2.24, 2.45) is 0 Å². The third kappa shape index (κ3) is 29.3. The number of hydrogen-bond acceptors (Lipinski definition) is 2. The number of aliphatic carboxylic acids is 1. The Kier molecular flexibility index (Phi) is 31.9. The van der Waals surface area contributed by atoms with E-state index in [-0.39, 0.29) is 0 Å². The van der Waals surface area contributed by atoms with E-state index in [1.807, 2.05) is 0 Å². The van der Waals surface area contributed by atoms with Crippen LogP contribution in [0, 0.1) is 0 Å². The first-order chi connectivity index (χ1) is 20.0. The summed E-state index contributed by atoms with van der Waals surface area (Å²) in [6, 6.07) is 1.13. The fraction of sp³-hybridized carbons (Fsp3) is 0.974. The second-order valence-corrected chi connectivity index (χ2v) is 13.5. The maximum atomic E-state index is 11.1. The number of rotatable bonds is 34. The molecule has 0 heterocycles. The minimum atomic E-state index is -0.654. The van der Waals surface area contributed by atoms with Gasteiger partial charge in [-0.25, -0.2) is 0 Å². The summed E-state index contributed by atoms with van der Waals surface area (Å²) in [5, 5.41) is 9.16. The molecule has 1 N–H and O–H groups in total. The van der Waals surface area contributed by atoms with Crippen molar-refractivity contribution in [3.05, 3.63) is 0 Å². The molecule has 0 aliphatic rings. The smallest absolute Gasteiger partial charge is 0.303 e. The van der Waals surface area contributed by atoms with Gasteiger partial charge in [0.1, 0.15) is 0 Å². The summed E-state index contributed by atoms with van der Waals surface area (Å²) in [5.74, 6) is -0.654. The van der Waals surface area contributed by atoms with E-state index in [4.69, 9.17) is 5.11 Å². The van der Waals surface area contributed by atoms with Gasteiger partial charge < -0.3 is 5.11 Å². The number of carboxylic acid groups (broad SMARTS) is 1. The number of carbonyl (C=O) groups is 1. The van der Waals surface area contributed by atoms with Gasteiger partial charge in [-0.2, -0.15) is 0 Å². The van der Waals surface area contributed by atoms with Crippen molar-refractivity contribution >= 4 is 5.97 Å². The van der Waals surface area contributed by atoms with Crippen LogP contribution in [0.3, 0.4) is 0 Å². The highest BCUT2D eigenvalue weighted by atomic mass is 16.4. The SMILES string of the molecule is CCCCCCCCCCCCCCCC(C)N(CCCC(=O)O)C(C)CCCCCCCCCCCCCCC. The van der Waals surface area contributed by atoms with Crippen LogP contribution in [0.1, 0.15) is 220 Å².